The summed E-state index contributed by atoms with van der Waals surface area (Å²) < 4.78 is 29.0. The fourth-order valence-corrected chi connectivity index (χ4v) is 4.53. The van der Waals surface area contributed by atoms with Crippen LogP contribution in [-0.2, 0) is 13.0 Å². The second-order valence-corrected chi connectivity index (χ2v) is 10.5. The van der Waals surface area contributed by atoms with Gasteiger partial charge in [0.25, 0.3) is 0 Å². The molecule has 0 aliphatic carbocycles. The zero-order valence-electron chi connectivity index (χ0n) is 25.2. The van der Waals surface area contributed by atoms with Crippen LogP contribution in [-0.4, -0.2) is 26.4 Å². The van der Waals surface area contributed by atoms with Gasteiger partial charge in [-0.25, -0.2) is 0 Å². The third-order valence-electron chi connectivity index (χ3n) is 6.82. The molecule has 0 fully saturated rings. The first-order chi connectivity index (χ1) is 20.2. The third kappa shape index (κ3) is 6.62. The number of hydrogen-bond donors (Lipinski definition) is 1. The average molecular weight is 571 g/mol. The van der Waals surface area contributed by atoms with E-state index in [1.807, 2.05) is 76.2 Å². The Bertz CT molecular complexity index is 1670. The second-order valence-electron chi connectivity index (χ2n) is 10.5. The van der Waals surface area contributed by atoms with Gasteiger partial charge in [-0.3, -0.25) is 4.79 Å². The maximum Gasteiger partial charge on any atom is 0.200 e. The first kappa shape index (κ1) is 30.3. The van der Waals surface area contributed by atoms with Crippen molar-refractivity contribution in [2.24, 2.45) is 5.92 Å². The summed E-state index contributed by atoms with van der Waals surface area (Å²) in [5.74, 6) is 2.69. The van der Waals surface area contributed by atoms with Crippen LogP contribution in [0.1, 0.15) is 44.4 Å². The maximum atomic E-state index is 14.0. The summed E-state index contributed by atoms with van der Waals surface area (Å²) in [6.07, 6.45) is 5.99. The Morgan fingerprint density at radius 2 is 1.62 bits per heavy atom. The van der Waals surface area contributed by atoms with E-state index in [9.17, 15) is 9.90 Å². The molecule has 0 saturated carbocycles. The highest BCUT2D eigenvalue weighted by molar-refractivity contribution is 5.92. The monoisotopic (exact) mass is 570 g/mol. The third-order valence-corrected chi connectivity index (χ3v) is 6.82. The van der Waals surface area contributed by atoms with Gasteiger partial charge in [-0.1, -0.05) is 49.8 Å². The van der Waals surface area contributed by atoms with Crippen LogP contribution in [0.4, 0.5) is 0 Å². The van der Waals surface area contributed by atoms with E-state index in [1.165, 1.54) is 7.11 Å². The topological polar surface area (TPSA) is 87.4 Å². The maximum absolute atomic E-state index is 14.0. The van der Waals surface area contributed by atoms with Gasteiger partial charge in [-0.15, -0.1) is 0 Å². The normalized spacial score (nSPS) is 11.2. The van der Waals surface area contributed by atoms with E-state index >= 15 is 0 Å². The number of phenols is 1. The van der Waals surface area contributed by atoms with Crippen molar-refractivity contribution in [1.29, 1.82) is 0 Å². The summed E-state index contributed by atoms with van der Waals surface area (Å²) in [5.41, 5.74) is 3.37. The van der Waals surface area contributed by atoms with Crippen LogP contribution in [0, 0.1) is 5.92 Å². The smallest absolute Gasteiger partial charge is 0.200 e. The Kier molecular flexibility index (Phi) is 9.63. The minimum Gasteiger partial charge on any atom is -0.506 e. The van der Waals surface area contributed by atoms with Crippen molar-refractivity contribution >= 4 is 17.0 Å². The zero-order valence-corrected chi connectivity index (χ0v) is 25.2. The number of benzene rings is 3. The van der Waals surface area contributed by atoms with Crippen LogP contribution >= 0.6 is 0 Å². The summed E-state index contributed by atoms with van der Waals surface area (Å²) in [7, 11) is 4.70. The van der Waals surface area contributed by atoms with Gasteiger partial charge in [0.2, 0.25) is 5.43 Å². The van der Waals surface area contributed by atoms with E-state index in [4.69, 9.17) is 23.4 Å². The standard InChI is InChI=1S/C35H38O7/c1-21(2)8-15-26-30(40-7)19-31-32(33(26)36)34(37)28(16-9-22(3)4)35(42-31)27-17-14-25(18-29(27)39-6)41-20-23-10-12-24(38-5)13-11-23/h8-15,17-19,21,36H,16,20H2,1-7H3/b15-8+. The molecule has 0 aliphatic rings. The molecule has 0 aliphatic heterocycles. The van der Waals surface area contributed by atoms with Crippen molar-refractivity contribution in [3.05, 3.63) is 93.2 Å². The fourth-order valence-electron chi connectivity index (χ4n) is 4.53. The molecule has 1 aromatic heterocycles. The Balaban J connectivity index is 1.84. The summed E-state index contributed by atoms with van der Waals surface area (Å²) in [5, 5.41) is 11.4. The van der Waals surface area contributed by atoms with E-state index in [2.05, 4.69) is 0 Å². The Hall–Kier alpha value is -4.65. The molecular formula is C35H38O7. The van der Waals surface area contributed by atoms with Crippen LogP contribution in [0.25, 0.3) is 28.4 Å². The van der Waals surface area contributed by atoms with E-state index in [0.29, 0.717) is 52.7 Å². The molecule has 3 aromatic carbocycles. The molecule has 0 bridgehead atoms. The van der Waals surface area contributed by atoms with Crippen molar-refractivity contribution in [3.63, 3.8) is 0 Å². The molecule has 220 valence electrons. The van der Waals surface area contributed by atoms with Gasteiger partial charge in [0, 0.05) is 17.7 Å². The van der Waals surface area contributed by atoms with Gasteiger partial charge >= 0.3 is 0 Å². The van der Waals surface area contributed by atoms with E-state index in [-0.39, 0.29) is 28.1 Å². The summed E-state index contributed by atoms with van der Waals surface area (Å²) >= 11 is 0. The lowest BCUT2D eigenvalue weighted by Crippen LogP contribution is -2.12. The predicted octanol–water partition coefficient (Wildman–Crippen LogP) is 7.95. The molecule has 0 spiro atoms. The second kappa shape index (κ2) is 13.3. The molecule has 0 saturated heterocycles. The number of phenolic OH excluding ortho intramolecular Hbond substituents is 1. The number of fused-ring (bicyclic) bond motifs is 1. The van der Waals surface area contributed by atoms with Gasteiger partial charge in [0.05, 0.1) is 32.5 Å². The number of allylic oxidation sites excluding steroid dienone is 3. The largest absolute Gasteiger partial charge is 0.506 e. The first-order valence-corrected chi connectivity index (χ1v) is 13.8. The lowest BCUT2D eigenvalue weighted by Gasteiger charge is -2.16. The van der Waals surface area contributed by atoms with Crippen LogP contribution in [0.2, 0.25) is 0 Å². The van der Waals surface area contributed by atoms with Gasteiger partial charge in [0.15, 0.2) is 0 Å². The Labute approximate surface area is 246 Å². The average Bonchev–Trinajstić information content (AvgIpc) is 2.98. The highest BCUT2D eigenvalue weighted by atomic mass is 16.5. The molecule has 1 heterocycles. The minimum absolute atomic E-state index is 0.110. The van der Waals surface area contributed by atoms with Gasteiger partial charge in [0.1, 0.15) is 52.1 Å². The molecule has 7 nitrogen and oxygen atoms in total. The number of methoxy groups -OCH3 is 3. The zero-order chi connectivity index (χ0) is 30.4. The highest BCUT2D eigenvalue weighted by Gasteiger charge is 2.23. The lowest BCUT2D eigenvalue weighted by atomic mass is 9.98. The van der Waals surface area contributed by atoms with Crippen molar-refractivity contribution in [1.82, 2.24) is 0 Å². The lowest BCUT2D eigenvalue weighted by molar-refractivity contribution is 0.303. The number of ether oxygens (including phenoxy) is 4. The molecule has 4 aromatic rings. The predicted molar refractivity (Wildman–Crippen MR) is 167 cm³/mol. The van der Waals surface area contributed by atoms with Gasteiger partial charge < -0.3 is 28.5 Å². The number of hydrogen-bond acceptors (Lipinski definition) is 7. The molecule has 4 rings (SSSR count). The van der Waals surface area contributed by atoms with Crippen LogP contribution in [0.5, 0.6) is 28.7 Å². The highest BCUT2D eigenvalue weighted by Crippen LogP contribution is 2.41. The molecule has 7 heteroatoms. The first-order valence-electron chi connectivity index (χ1n) is 13.8. The number of rotatable bonds is 11. The van der Waals surface area contributed by atoms with Crippen LogP contribution in [0.3, 0.4) is 0 Å². The molecule has 42 heavy (non-hydrogen) atoms. The molecular weight excluding hydrogens is 532 g/mol. The van der Waals surface area contributed by atoms with Crippen molar-refractivity contribution < 1.29 is 28.5 Å². The van der Waals surface area contributed by atoms with Crippen LogP contribution in [0.15, 0.2) is 75.5 Å². The molecule has 0 radical (unpaired) electrons. The van der Waals surface area contributed by atoms with Crippen molar-refractivity contribution in [2.75, 3.05) is 21.3 Å². The summed E-state index contributed by atoms with van der Waals surface area (Å²) in [6.45, 7) is 8.35. The fraction of sp³-hybridized carbons (Fsp3) is 0.286. The van der Waals surface area contributed by atoms with E-state index < -0.39 is 0 Å². The molecule has 0 amide bonds. The van der Waals surface area contributed by atoms with E-state index in [1.54, 1.807) is 32.4 Å². The van der Waals surface area contributed by atoms with E-state index in [0.717, 1.165) is 16.9 Å². The molecule has 0 atom stereocenters. The molecule has 1 N–H and O–H groups in total. The quantitative estimate of drug-likeness (QED) is 0.183. The number of aromatic hydroxyl groups is 1. The summed E-state index contributed by atoms with van der Waals surface area (Å²) in [4.78, 5) is 14.0. The van der Waals surface area contributed by atoms with Gasteiger partial charge in [-0.2, -0.15) is 0 Å². The Morgan fingerprint density at radius 3 is 2.24 bits per heavy atom. The summed E-state index contributed by atoms with van der Waals surface area (Å²) in [6, 6.07) is 14.7. The van der Waals surface area contributed by atoms with Crippen molar-refractivity contribution in [2.45, 2.75) is 40.7 Å². The van der Waals surface area contributed by atoms with Crippen LogP contribution < -0.4 is 24.4 Å². The molecule has 0 unspecified atom stereocenters. The SMILES string of the molecule is COc1ccc(COc2ccc(-c3oc4cc(OC)c(/C=C/C(C)C)c(O)c4c(=O)c3CC=C(C)C)c(OC)c2)cc1. The van der Waals surface area contributed by atoms with Crippen molar-refractivity contribution in [3.8, 4) is 40.1 Å². The Morgan fingerprint density at radius 1 is 0.929 bits per heavy atom. The minimum atomic E-state index is -0.315. The van der Waals surface area contributed by atoms with Gasteiger partial charge in [-0.05, 0) is 56.0 Å².